The van der Waals surface area contributed by atoms with Crippen molar-refractivity contribution in [3.63, 3.8) is 0 Å². The van der Waals surface area contributed by atoms with Crippen LogP contribution >= 0.6 is 0 Å². The fraction of sp³-hybridized carbons (Fsp3) is 0.263. The van der Waals surface area contributed by atoms with Crippen molar-refractivity contribution in [3.8, 4) is 0 Å². The van der Waals surface area contributed by atoms with Crippen molar-refractivity contribution in [1.29, 1.82) is 0 Å². The number of aromatic nitrogens is 2. The van der Waals surface area contributed by atoms with E-state index in [0.29, 0.717) is 6.42 Å². The highest BCUT2D eigenvalue weighted by molar-refractivity contribution is 5.77. The molecule has 0 aliphatic heterocycles. The van der Waals surface area contributed by atoms with Crippen molar-refractivity contribution in [2.24, 2.45) is 0 Å². The molecule has 0 saturated heterocycles. The van der Waals surface area contributed by atoms with E-state index in [-0.39, 0.29) is 12.5 Å². The Morgan fingerprint density at radius 1 is 1.22 bits per heavy atom. The minimum Gasteiger partial charge on any atom is -0.481 e. The average molecular weight is 308 g/mol. The molecular formula is C19H20N2O2. The molecule has 1 atom stereocenters. The predicted molar refractivity (Wildman–Crippen MR) is 90.7 cm³/mol. The Morgan fingerprint density at radius 3 is 2.65 bits per heavy atom. The fourth-order valence-corrected chi connectivity index (χ4v) is 3.00. The van der Waals surface area contributed by atoms with Crippen LogP contribution in [-0.2, 0) is 11.2 Å². The molecule has 23 heavy (non-hydrogen) atoms. The number of nitrogens with zero attached hydrogens (tertiary/aromatic N) is 2. The van der Waals surface area contributed by atoms with E-state index in [1.807, 2.05) is 50.2 Å². The summed E-state index contributed by atoms with van der Waals surface area (Å²) in [6.07, 6.45) is 0.777. The summed E-state index contributed by atoms with van der Waals surface area (Å²) in [5, 5.41) is 9.15. The Labute approximate surface area is 135 Å². The number of aliphatic carboxylic acids is 1. The number of carbonyl (C=O) groups is 1. The van der Waals surface area contributed by atoms with Crippen LogP contribution in [0.3, 0.4) is 0 Å². The fourth-order valence-electron chi connectivity index (χ4n) is 3.00. The summed E-state index contributed by atoms with van der Waals surface area (Å²) in [7, 11) is 0. The molecule has 3 rings (SSSR count). The zero-order valence-corrected chi connectivity index (χ0v) is 13.4. The molecule has 1 heterocycles. The first kappa shape index (κ1) is 15.3. The predicted octanol–water partition coefficient (Wildman–Crippen LogP) is 3.97. The van der Waals surface area contributed by atoms with Crippen molar-refractivity contribution >= 4 is 17.0 Å². The standard InChI is InChI=1S/C19H20N2O2/c1-13-8-9-17-16(10-13)20-18(12-15-6-4-3-5-7-15)21(17)14(2)11-19(22)23/h3-10,14H,11-12H2,1-2H3,(H,22,23). The molecule has 4 nitrogen and oxygen atoms in total. The first-order chi connectivity index (χ1) is 11.0. The van der Waals surface area contributed by atoms with Gasteiger partial charge in [0.25, 0.3) is 0 Å². The van der Waals surface area contributed by atoms with Gasteiger partial charge in [0, 0.05) is 12.5 Å². The third-order valence-electron chi connectivity index (χ3n) is 4.03. The first-order valence-corrected chi connectivity index (χ1v) is 7.78. The van der Waals surface area contributed by atoms with Crippen molar-refractivity contribution in [1.82, 2.24) is 9.55 Å². The molecule has 4 heteroatoms. The lowest BCUT2D eigenvalue weighted by Gasteiger charge is -2.16. The van der Waals surface area contributed by atoms with Gasteiger partial charge in [-0.1, -0.05) is 36.4 Å². The van der Waals surface area contributed by atoms with Gasteiger partial charge in [-0.2, -0.15) is 0 Å². The maximum absolute atomic E-state index is 11.1. The number of hydrogen-bond donors (Lipinski definition) is 1. The van der Waals surface area contributed by atoms with Gasteiger partial charge in [-0.3, -0.25) is 4.79 Å². The lowest BCUT2D eigenvalue weighted by atomic mass is 10.1. The van der Waals surface area contributed by atoms with Gasteiger partial charge in [0.05, 0.1) is 17.5 Å². The number of aryl methyl sites for hydroxylation is 1. The van der Waals surface area contributed by atoms with Gasteiger partial charge in [0.1, 0.15) is 5.82 Å². The Kier molecular flexibility index (Phi) is 4.15. The SMILES string of the molecule is Cc1ccc2c(c1)nc(Cc1ccccc1)n2C(C)CC(=O)O. The molecule has 0 radical (unpaired) electrons. The van der Waals surface area contributed by atoms with Crippen molar-refractivity contribution in [2.45, 2.75) is 32.7 Å². The molecule has 0 bridgehead atoms. The number of benzene rings is 2. The second-order valence-electron chi connectivity index (χ2n) is 6.00. The van der Waals surface area contributed by atoms with E-state index in [4.69, 9.17) is 10.1 Å². The number of rotatable bonds is 5. The lowest BCUT2D eigenvalue weighted by Crippen LogP contribution is -2.13. The summed E-state index contributed by atoms with van der Waals surface area (Å²) in [5.41, 5.74) is 4.24. The van der Waals surface area contributed by atoms with E-state index < -0.39 is 5.97 Å². The zero-order chi connectivity index (χ0) is 16.4. The Bertz CT molecular complexity index is 837. The van der Waals surface area contributed by atoms with Crippen LogP contribution in [0.4, 0.5) is 0 Å². The highest BCUT2D eigenvalue weighted by Crippen LogP contribution is 2.25. The van der Waals surface area contributed by atoms with Crippen LogP contribution in [0.25, 0.3) is 11.0 Å². The monoisotopic (exact) mass is 308 g/mol. The van der Waals surface area contributed by atoms with Gasteiger partial charge in [-0.15, -0.1) is 0 Å². The third-order valence-corrected chi connectivity index (χ3v) is 4.03. The largest absolute Gasteiger partial charge is 0.481 e. The van der Waals surface area contributed by atoms with Crippen molar-refractivity contribution in [2.75, 3.05) is 0 Å². The second-order valence-corrected chi connectivity index (χ2v) is 6.00. The summed E-state index contributed by atoms with van der Waals surface area (Å²) >= 11 is 0. The third kappa shape index (κ3) is 3.26. The van der Waals surface area contributed by atoms with Gasteiger partial charge in [-0.05, 0) is 37.1 Å². The van der Waals surface area contributed by atoms with E-state index in [0.717, 1.165) is 22.4 Å². The molecule has 0 saturated carbocycles. The van der Waals surface area contributed by atoms with Crippen LogP contribution in [0.5, 0.6) is 0 Å². The smallest absolute Gasteiger partial charge is 0.305 e. The quantitative estimate of drug-likeness (QED) is 0.776. The molecule has 0 amide bonds. The maximum Gasteiger partial charge on any atom is 0.305 e. The molecule has 1 N–H and O–H groups in total. The van der Waals surface area contributed by atoms with Crippen LogP contribution in [0.15, 0.2) is 48.5 Å². The van der Waals surface area contributed by atoms with Gasteiger partial charge in [-0.25, -0.2) is 4.98 Å². The summed E-state index contributed by atoms with van der Waals surface area (Å²) < 4.78 is 2.07. The topological polar surface area (TPSA) is 55.1 Å². The van der Waals surface area contributed by atoms with Gasteiger partial charge < -0.3 is 9.67 Å². The van der Waals surface area contributed by atoms with Crippen LogP contribution < -0.4 is 0 Å². The molecule has 0 aliphatic carbocycles. The molecule has 2 aromatic carbocycles. The van der Waals surface area contributed by atoms with E-state index in [1.165, 1.54) is 5.56 Å². The second kappa shape index (κ2) is 6.24. The summed E-state index contributed by atoms with van der Waals surface area (Å²) in [5.74, 6) is 0.114. The number of carboxylic acids is 1. The van der Waals surface area contributed by atoms with E-state index >= 15 is 0 Å². The van der Waals surface area contributed by atoms with E-state index in [1.54, 1.807) is 0 Å². The minimum atomic E-state index is -0.794. The highest BCUT2D eigenvalue weighted by Gasteiger charge is 2.18. The lowest BCUT2D eigenvalue weighted by molar-refractivity contribution is -0.137. The number of hydrogen-bond acceptors (Lipinski definition) is 2. The van der Waals surface area contributed by atoms with Crippen molar-refractivity contribution < 1.29 is 9.90 Å². The zero-order valence-electron chi connectivity index (χ0n) is 13.4. The normalized spacial score (nSPS) is 12.4. The molecule has 1 aromatic heterocycles. The highest BCUT2D eigenvalue weighted by atomic mass is 16.4. The molecule has 0 aliphatic rings. The van der Waals surface area contributed by atoms with E-state index in [9.17, 15) is 4.79 Å². The molecular weight excluding hydrogens is 288 g/mol. The van der Waals surface area contributed by atoms with Crippen LogP contribution in [-0.4, -0.2) is 20.6 Å². The Morgan fingerprint density at radius 2 is 1.96 bits per heavy atom. The minimum absolute atomic E-state index is 0.0845. The van der Waals surface area contributed by atoms with Crippen LogP contribution in [0.2, 0.25) is 0 Å². The molecule has 0 spiro atoms. The summed E-state index contributed by atoms with van der Waals surface area (Å²) in [6.45, 7) is 3.97. The van der Waals surface area contributed by atoms with Gasteiger partial charge in [0.2, 0.25) is 0 Å². The number of imidazole rings is 1. The maximum atomic E-state index is 11.1. The van der Waals surface area contributed by atoms with Gasteiger partial charge >= 0.3 is 5.97 Å². The Hall–Kier alpha value is -2.62. The number of fused-ring (bicyclic) bond motifs is 1. The molecule has 0 fully saturated rings. The van der Waals surface area contributed by atoms with Crippen LogP contribution in [0.1, 0.15) is 36.3 Å². The van der Waals surface area contributed by atoms with Gasteiger partial charge in [0.15, 0.2) is 0 Å². The number of carboxylic acid groups (broad SMARTS) is 1. The Balaban J connectivity index is 2.09. The molecule has 118 valence electrons. The van der Waals surface area contributed by atoms with E-state index in [2.05, 4.69) is 16.7 Å². The summed E-state index contributed by atoms with van der Waals surface area (Å²) in [4.78, 5) is 15.9. The first-order valence-electron chi connectivity index (χ1n) is 7.78. The van der Waals surface area contributed by atoms with Crippen molar-refractivity contribution in [3.05, 3.63) is 65.5 Å². The molecule has 3 aromatic rings. The average Bonchev–Trinajstić information content (AvgIpc) is 2.84. The summed E-state index contributed by atoms with van der Waals surface area (Å²) in [6, 6.07) is 16.1. The molecule has 1 unspecified atom stereocenters. The van der Waals surface area contributed by atoms with Crippen LogP contribution in [0, 0.1) is 6.92 Å².